The van der Waals surface area contributed by atoms with Crippen LogP contribution in [0.4, 0.5) is 13.2 Å². The molecule has 41 heavy (non-hydrogen) atoms. The summed E-state index contributed by atoms with van der Waals surface area (Å²) in [5, 5.41) is 9.39. The van der Waals surface area contributed by atoms with Crippen LogP contribution in [0.2, 0.25) is 0 Å². The molecule has 0 aliphatic heterocycles. The summed E-state index contributed by atoms with van der Waals surface area (Å²) in [6.45, 7) is 7.58. The van der Waals surface area contributed by atoms with Crippen LogP contribution in [0.25, 0.3) is 22.6 Å². The summed E-state index contributed by atoms with van der Waals surface area (Å²) in [7, 11) is 0. The van der Waals surface area contributed by atoms with Crippen LogP contribution < -0.4 is 16.0 Å². The van der Waals surface area contributed by atoms with Gasteiger partial charge in [0.25, 0.3) is 5.56 Å². The van der Waals surface area contributed by atoms with Gasteiger partial charge >= 0.3 is 11.9 Å². The van der Waals surface area contributed by atoms with Crippen molar-refractivity contribution in [3.8, 4) is 17.3 Å². The summed E-state index contributed by atoms with van der Waals surface area (Å²) in [4.78, 5) is 36.5. The molecule has 1 saturated carbocycles. The third kappa shape index (κ3) is 6.85. The van der Waals surface area contributed by atoms with E-state index in [0.29, 0.717) is 29.8 Å². The highest BCUT2D eigenvalue weighted by atomic mass is 19.4. The topological polar surface area (TPSA) is 104 Å². The van der Waals surface area contributed by atoms with Crippen LogP contribution in [0.15, 0.2) is 27.9 Å². The van der Waals surface area contributed by atoms with Crippen molar-refractivity contribution in [3.05, 3.63) is 39.2 Å². The number of aliphatic hydroxyl groups is 1. The number of pyridine rings is 1. The Kier molecular flexibility index (Phi) is 9.61. The quantitative estimate of drug-likeness (QED) is 0.282. The van der Waals surface area contributed by atoms with Gasteiger partial charge in [0.05, 0.1) is 18.1 Å². The zero-order valence-corrected chi connectivity index (χ0v) is 24.2. The van der Waals surface area contributed by atoms with Crippen molar-refractivity contribution >= 4 is 11.2 Å². The van der Waals surface area contributed by atoms with E-state index in [1.54, 1.807) is 22.9 Å². The first-order valence-electron chi connectivity index (χ1n) is 14.5. The number of rotatable bonds is 14. The molecular formula is C29H40F3N5O4. The monoisotopic (exact) mass is 579 g/mol. The molecule has 1 aliphatic carbocycles. The first-order valence-corrected chi connectivity index (χ1v) is 14.5. The van der Waals surface area contributed by atoms with E-state index < -0.39 is 23.3 Å². The average Bonchev–Trinajstić information content (AvgIpc) is 3.67. The molecule has 0 spiro atoms. The zero-order valence-electron chi connectivity index (χ0n) is 24.2. The predicted octanol–water partition coefficient (Wildman–Crippen LogP) is 5.18. The highest BCUT2D eigenvalue weighted by Gasteiger charge is 2.38. The van der Waals surface area contributed by atoms with Crippen molar-refractivity contribution in [2.24, 2.45) is 17.8 Å². The van der Waals surface area contributed by atoms with Gasteiger partial charge in [-0.3, -0.25) is 13.9 Å². The molecule has 1 N–H and O–H groups in total. The highest BCUT2D eigenvalue weighted by molar-refractivity contribution is 5.78. The fourth-order valence-electron chi connectivity index (χ4n) is 5.17. The minimum absolute atomic E-state index is 0.00306. The predicted molar refractivity (Wildman–Crippen MR) is 150 cm³/mol. The number of hydrogen-bond acceptors (Lipinski definition) is 6. The third-order valence-electron chi connectivity index (χ3n) is 7.74. The second-order valence-corrected chi connectivity index (χ2v) is 11.4. The largest absolute Gasteiger partial charge is 0.477 e. The minimum atomic E-state index is -4.27. The van der Waals surface area contributed by atoms with E-state index >= 15 is 0 Å². The SMILES string of the molecule is CCC(CCC(C)Cn1c(-c2cccnc2OCC2CC2)nc2c1c(=O)n(CCCO)c(=O)n2C(C)C)C(F)(F)F. The molecule has 0 radical (unpaired) electrons. The van der Waals surface area contributed by atoms with E-state index in [-0.39, 0.29) is 68.5 Å². The van der Waals surface area contributed by atoms with Gasteiger partial charge in [0, 0.05) is 31.9 Å². The standard InChI is InChI=1S/C29H40F3N5O4/c1-5-21(29(30,31)32)12-9-19(4)16-36-23-25(37(18(2)3)28(40)35(27(23)39)14-7-15-38)34-24(36)22-8-6-13-33-26(22)41-17-20-10-11-20/h6,8,13,18-21,38H,5,7,9-12,14-17H2,1-4H3. The summed E-state index contributed by atoms with van der Waals surface area (Å²) in [6, 6.07) is 3.18. The van der Waals surface area contributed by atoms with Crippen molar-refractivity contribution in [3.63, 3.8) is 0 Å². The van der Waals surface area contributed by atoms with Crippen LogP contribution in [0.3, 0.4) is 0 Å². The minimum Gasteiger partial charge on any atom is -0.477 e. The molecule has 12 heteroatoms. The number of aliphatic hydroxyl groups excluding tert-OH is 1. The van der Waals surface area contributed by atoms with Gasteiger partial charge in [-0.05, 0) is 76.3 Å². The van der Waals surface area contributed by atoms with Crippen molar-refractivity contribution < 1.29 is 23.0 Å². The molecule has 1 fully saturated rings. The fraction of sp³-hybridized carbons (Fsp3) is 0.655. The Hall–Kier alpha value is -3.15. The maximum absolute atomic E-state index is 13.8. The molecule has 2 unspecified atom stereocenters. The van der Waals surface area contributed by atoms with Crippen molar-refractivity contribution in [1.82, 2.24) is 23.7 Å². The summed E-state index contributed by atoms with van der Waals surface area (Å²) >= 11 is 0. The lowest BCUT2D eigenvalue weighted by atomic mass is 9.94. The van der Waals surface area contributed by atoms with E-state index in [1.165, 1.54) is 11.5 Å². The molecule has 4 rings (SSSR count). The van der Waals surface area contributed by atoms with Crippen LogP contribution in [0.5, 0.6) is 5.88 Å². The van der Waals surface area contributed by atoms with Gasteiger partial charge in [-0.2, -0.15) is 13.2 Å². The van der Waals surface area contributed by atoms with Gasteiger partial charge in [0.1, 0.15) is 5.82 Å². The van der Waals surface area contributed by atoms with Gasteiger partial charge in [0.15, 0.2) is 11.2 Å². The molecule has 0 amide bonds. The molecule has 3 heterocycles. The molecule has 3 aromatic rings. The van der Waals surface area contributed by atoms with Gasteiger partial charge in [-0.1, -0.05) is 13.8 Å². The molecule has 9 nitrogen and oxygen atoms in total. The van der Waals surface area contributed by atoms with Crippen LogP contribution in [0.1, 0.15) is 72.3 Å². The lowest BCUT2D eigenvalue weighted by molar-refractivity contribution is -0.177. The van der Waals surface area contributed by atoms with Gasteiger partial charge in [0.2, 0.25) is 5.88 Å². The second kappa shape index (κ2) is 12.8. The number of halogens is 3. The maximum atomic E-state index is 13.8. The number of aromatic nitrogens is 5. The van der Waals surface area contributed by atoms with Gasteiger partial charge in [-0.25, -0.2) is 14.8 Å². The molecule has 2 atom stereocenters. The smallest absolute Gasteiger partial charge is 0.391 e. The molecule has 3 aromatic heterocycles. The first-order chi connectivity index (χ1) is 19.5. The number of imidazole rings is 1. The van der Waals surface area contributed by atoms with E-state index in [2.05, 4.69) is 4.98 Å². The van der Waals surface area contributed by atoms with Crippen molar-refractivity contribution in [2.75, 3.05) is 13.2 Å². The van der Waals surface area contributed by atoms with E-state index in [4.69, 9.17) is 9.72 Å². The molecule has 1 aliphatic rings. The van der Waals surface area contributed by atoms with E-state index in [9.17, 15) is 27.9 Å². The summed E-state index contributed by atoms with van der Waals surface area (Å²) in [5.74, 6) is -0.440. The highest BCUT2D eigenvalue weighted by Crippen LogP contribution is 2.36. The lowest BCUT2D eigenvalue weighted by Gasteiger charge is -2.21. The molecule has 0 bridgehead atoms. The molecular weight excluding hydrogens is 539 g/mol. The van der Waals surface area contributed by atoms with Crippen LogP contribution in [-0.4, -0.2) is 48.2 Å². The van der Waals surface area contributed by atoms with E-state index in [0.717, 1.165) is 17.4 Å². The number of fused-ring (bicyclic) bond motifs is 1. The van der Waals surface area contributed by atoms with Crippen molar-refractivity contribution in [1.29, 1.82) is 0 Å². The number of hydrogen-bond donors (Lipinski definition) is 1. The molecule has 226 valence electrons. The van der Waals surface area contributed by atoms with Gasteiger partial charge < -0.3 is 14.4 Å². The fourth-order valence-corrected chi connectivity index (χ4v) is 5.17. The number of ether oxygens (including phenoxy) is 1. The second-order valence-electron chi connectivity index (χ2n) is 11.4. The Morgan fingerprint density at radius 3 is 2.49 bits per heavy atom. The average molecular weight is 580 g/mol. The number of alkyl halides is 3. The Labute approximate surface area is 237 Å². The maximum Gasteiger partial charge on any atom is 0.391 e. The van der Waals surface area contributed by atoms with Crippen molar-refractivity contribution in [2.45, 2.75) is 91.5 Å². The van der Waals surface area contributed by atoms with Crippen LogP contribution in [0, 0.1) is 17.8 Å². The van der Waals surface area contributed by atoms with Crippen LogP contribution in [-0.2, 0) is 13.1 Å². The van der Waals surface area contributed by atoms with Gasteiger partial charge in [-0.15, -0.1) is 0 Å². The molecule has 0 saturated heterocycles. The summed E-state index contributed by atoms with van der Waals surface area (Å²) in [6.07, 6.45) is -0.00246. The van der Waals surface area contributed by atoms with E-state index in [1.807, 2.05) is 20.8 Å². The zero-order chi connectivity index (χ0) is 29.9. The third-order valence-corrected chi connectivity index (χ3v) is 7.74. The lowest BCUT2D eigenvalue weighted by Crippen LogP contribution is -2.41. The Bertz CT molecular complexity index is 1460. The summed E-state index contributed by atoms with van der Waals surface area (Å²) in [5.41, 5.74) is -0.133. The normalized spacial score (nSPS) is 15.5. The Balaban J connectivity index is 1.87. The summed E-state index contributed by atoms with van der Waals surface area (Å²) < 4.78 is 50.7. The molecule has 0 aromatic carbocycles. The Morgan fingerprint density at radius 2 is 1.88 bits per heavy atom. The number of nitrogens with zero attached hydrogens (tertiary/aromatic N) is 5. The first kappa shape index (κ1) is 30.8. The van der Waals surface area contributed by atoms with Crippen LogP contribution >= 0.6 is 0 Å². The Morgan fingerprint density at radius 1 is 1.15 bits per heavy atom.